The predicted molar refractivity (Wildman–Crippen MR) is 78.2 cm³/mol. The van der Waals surface area contributed by atoms with Crippen LogP contribution in [0, 0.1) is 13.8 Å². The monoisotopic (exact) mass is 274 g/mol. The van der Waals surface area contributed by atoms with E-state index in [1.165, 1.54) is 11.1 Å². The van der Waals surface area contributed by atoms with E-state index >= 15 is 0 Å². The number of hydrogen-bond donors (Lipinski definition) is 1. The molecule has 1 saturated heterocycles. The molecule has 1 unspecified atom stereocenters. The number of carbonyl (C=O) groups excluding carboxylic acids is 2. The Kier molecular flexibility index (Phi) is 4.42. The van der Waals surface area contributed by atoms with E-state index in [0.29, 0.717) is 25.9 Å². The van der Waals surface area contributed by atoms with Gasteiger partial charge in [-0.2, -0.15) is 0 Å². The summed E-state index contributed by atoms with van der Waals surface area (Å²) in [4.78, 5) is 25.5. The first-order chi connectivity index (χ1) is 9.52. The molecule has 20 heavy (non-hydrogen) atoms. The van der Waals surface area contributed by atoms with Gasteiger partial charge in [-0.05, 0) is 38.3 Å². The molecule has 1 heterocycles. The third kappa shape index (κ3) is 3.00. The maximum absolute atomic E-state index is 12.2. The second-order valence-electron chi connectivity index (χ2n) is 5.38. The van der Waals surface area contributed by atoms with Gasteiger partial charge in [0.05, 0.1) is 0 Å². The zero-order chi connectivity index (χ0) is 14.7. The number of nitrogens with one attached hydrogen (secondary N) is 1. The van der Waals surface area contributed by atoms with Crippen LogP contribution < -0.4 is 5.32 Å². The lowest BCUT2D eigenvalue weighted by Gasteiger charge is -2.22. The fourth-order valence-corrected chi connectivity index (χ4v) is 2.75. The highest BCUT2D eigenvalue weighted by atomic mass is 16.2. The molecule has 0 saturated carbocycles. The third-order valence-electron chi connectivity index (χ3n) is 3.92. The first-order valence-corrected chi connectivity index (χ1v) is 7.16. The van der Waals surface area contributed by atoms with Gasteiger partial charge in [-0.15, -0.1) is 0 Å². The predicted octanol–water partition coefficient (Wildman–Crippen LogP) is 1.93. The number of likely N-dealkylation sites (tertiary alicyclic amines) is 1. The Morgan fingerprint density at radius 1 is 1.40 bits per heavy atom. The van der Waals surface area contributed by atoms with Gasteiger partial charge in [0, 0.05) is 19.5 Å². The molecule has 1 aliphatic rings. The topological polar surface area (TPSA) is 49.4 Å². The average Bonchev–Trinajstić information content (AvgIpc) is 2.78. The minimum atomic E-state index is -0.293. The van der Waals surface area contributed by atoms with Crippen LogP contribution in [0.5, 0.6) is 0 Å². The summed E-state index contributed by atoms with van der Waals surface area (Å²) in [5.41, 5.74) is 3.52. The number of benzene rings is 1. The number of aryl methyl sites for hydroxylation is 2. The summed E-state index contributed by atoms with van der Waals surface area (Å²) >= 11 is 0. The van der Waals surface area contributed by atoms with Crippen molar-refractivity contribution in [2.75, 3.05) is 6.54 Å². The highest BCUT2D eigenvalue weighted by Crippen LogP contribution is 2.18. The number of rotatable bonds is 4. The van der Waals surface area contributed by atoms with E-state index in [1.54, 1.807) is 4.90 Å². The lowest BCUT2D eigenvalue weighted by molar-refractivity contribution is -0.135. The Morgan fingerprint density at radius 2 is 2.15 bits per heavy atom. The quantitative estimate of drug-likeness (QED) is 0.912. The highest BCUT2D eigenvalue weighted by molar-refractivity contribution is 5.90. The molecule has 1 aromatic rings. The minimum Gasteiger partial charge on any atom is -0.350 e. The molecule has 0 radical (unpaired) electrons. The minimum absolute atomic E-state index is 0.0438. The fourth-order valence-electron chi connectivity index (χ4n) is 2.75. The second-order valence-corrected chi connectivity index (χ2v) is 5.38. The summed E-state index contributed by atoms with van der Waals surface area (Å²) in [5.74, 6) is 0.0387. The van der Waals surface area contributed by atoms with Gasteiger partial charge in [0.2, 0.25) is 11.8 Å². The molecule has 1 aromatic carbocycles. The maximum atomic E-state index is 12.2. The van der Waals surface area contributed by atoms with Crippen LogP contribution in [-0.4, -0.2) is 29.3 Å². The van der Waals surface area contributed by atoms with Crippen molar-refractivity contribution in [3.63, 3.8) is 0 Å². The zero-order valence-corrected chi connectivity index (χ0v) is 12.4. The molecule has 0 spiro atoms. The maximum Gasteiger partial charge on any atom is 0.243 e. The van der Waals surface area contributed by atoms with Crippen molar-refractivity contribution in [3.8, 4) is 0 Å². The van der Waals surface area contributed by atoms with E-state index in [2.05, 4.69) is 18.3 Å². The van der Waals surface area contributed by atoms with Gasteiger partial charge in [-0.1, -0.05) is 23.8 Å². The average molecular weight is 274 g/mol. The molecule has 0 aliphatic carbocycles. The number of amides is 2. The van der Waals surface area contributed by atoms with E-state index in [9.17, 15) is 9.59 Å². The standard InChI is InChI=1S/C16H22N2O2/c1-4-18-14(7-8-15(18)19)16(20)17-10-13-6-5-11(2)9-12(13)3/h5-6,9,14H,4,7-8,10H2,1-3H3,(H,17,20). The summed E-state index contributed by atoms with van der Waals surface area (Å²) in [6, 6.07) is 5.91. The van der Waals surface area contributed by atoms with E-state index in [0.717, 1.165) is 5.56 Å². The molecular formula is C16H22N2O2. The Labute approximate surface area is 120 Å². The third-order valence-corrected chi connectivity index (χ3v) is 3.92. The van der Waals surface area contributed by atoms with Crippen molar-refractivity contribution in [3.05, 3.63) is 34.9 Å². The Balaban J connectivity index is 1.97. The van der Waals surface area contributed by atoms with E-state index in [-0.39, 0.29) is 17.9 Å². The lowest BCUT2D eigenvalue weighted by Crippen LogP contribution is -2.44. The van der Waals surface area contributed by atoms with Crippen molar-refractivity contribution >= 4 is 11.8 Å². The molecule has 2 amide bonds. The molecule has 0 bridgehead atoms. The number of carbonyl (C=O) groups is 2. The molecule has 4 heteroatoms. The molecule has 4 nitrogen and oxygen atoms in total. The first-order valence-electron chi connectivity index (χ1n) is 7.16. The van der Waals surface area contributed by atoms with Gasteiger partial charge < -0.3 is 10.2 Å². The van der Waals surface area contributed by atoms with Crippen LogP contribution in [0.4, 0.5) is 0 Å². The number of likely N-dealkylation sites (N-methyl/N-ethyl adjacent to an activating group) is 1. The Morgan fingerprint density at radius 3 is 2.80 bits per heavy atom. The lowest BCUT2D eigenvalue weighted by atomic mass is 10.1. The summed E-state index contributed by atoms with van der Waals surface area (Å²) in [7, 11) is 0. The van der Waals surface area contributed by atoms with E-state index in [4.69, 9.17) is 0 Å². The van der Waals surface area contributed by atoms with Gasteiger partial charge in [-0.3, -0.25) is 9.59 Å². The fraction of sp³-hybridized carbons (Fsp3) is 0.500. The van der Waals surface area contributed by atoms with Crippen LogP contribution in [0.1, 0.15) is 36.5 Å². The normalized spacial score (nSPS) is 18.4. The van der Waals surface area contributed by atoms with Crippen LogP contribution >= 0.6 is 0 Å². The summed E-state index contributed by atoms with van der Waals surface area (Å²) in [6.07, 6.45) is 1.11. The van der Waals surface area contributed by atoms with Crippen molar-refractivity contribution in [2.24, 2.45) is 0 Å². The van der Waals surface area contributed by atoms with Crippen molar-refractivity contribution < 1.29 is 9.59 Å². The zero-order valence-electron chi connectivity index (χ0n) is 12.4. The molecule has 2 rings (SSSR count). The van der Waals surface area contributed by atoms with Gasteiger partial charge in [0.25, 0.3) is 0 Å². The second kappa shape index (κ2) is 6.07. The number of nitrogens with zero attached hydrogens (tertiary/aromatic N) is 1. The SMILES string of the molecule is CCN1C(=O)CCC1C(=O)NCc1ccc(C)cc1C. The van der Waals surface area contributed by atoms with Crippen LogP contribution in [0.2, 0.25) is 0 Å². The van der Waals surface area contributed by atoms with E-state index < -0.39 is 0 Å². The van der Waals surface area contributed by atoms with Gasteiger partial charge in [-0.25, -0.2) is 0 Å². The molecule has 1 atom stereocenters. The molecule has 1 aliphatic heterocycles. The summed E-state index contributed by atoms with van der Waals surface area (Å²) in [5, 5.41) is 2.95. The van der Waals surface area contributed by atoms with E-state index in [1.807, 2.05) is 26.0 Å². The molecule has 1 fully saturated rings. The van der Waals surface area contributed by atoms with Crippen molar-refractivity contribution in [2.45, 2.75) is 46.2 Å². The number of hydrogen-bond acceptors (Lipinski definition) is 2. The van der Waals surface area contributed by atoms with Crippen LogP contribution in [0.15, 0.2) is 18.2 Å². The van der Waals surface area contributed by atoms with Gasteiger partial charge in [0.1, 0.15) is 6.04 Å². The smallest absolute Gasteiger partial charge is 0.243 e. The summed E-state index contributed by atoms with van der Waals surface area (Å²) < 4.78 is 0. The molecule has 108 valence electrons. The van der Waals surface area contributed by atoms with Gasteiger partial charge >= 0.3 is 0 Å². The Bertz CT molecular complexity index is 525. The largest absolute Gasteiger partial charge is 0.350 e. The highest BCUT2D eigenvalue weighted by Gasteiger charge is 2.34. The summed E-state index contributed by atoms with van der Waals surface area (Å²) in [6.45, 7) is 7.13. The van der Waals surface area contributed by atoms with Gasteiger partial charge in [0.15, 0.2) is 0 Å². The molecule has 0 aromatic heterocycles. The van der Waals surface area contributed by atoms with Crippen molar-refractivity contribution in [1.29, 1.82) is 0 Å². The molecule has 1 N–H and O–H groups in total. The van der Waals surface area contributed by atoms with Crippen LogP contribution in [-0.2, 0) is 16.1 Å². The molecular weight excluding hydrogens is 252 g/mol. The van der Waals surface area contributed by atoms with Crippen molar-refractivity contribution in [1.82, 2.24) is 10.2 Å². The van der Waals surface area contributed by atoms with Crippen LogP contribution in [0.25, 0.3) is 0 Å². The van der Waals surface area contributed by atoms with Crippen LogP contribution in [0.3, 0.4) is 0 Å². The first kappa shape index (κ1) is 14.6. The Hall–Kier alpha value is -1.84.